The first-order valence-corrected chi connectivity index (χ1v) is 9.51. The monoisotopic (exact) mass is 361 g/mol. The molecule has 2 amide bonds. The Bertz CT molecular complexity index is 610. The fourth-order valence-corrected chi connectivity index (χ4v) is 3.35. The first kappa shape index (κ1) is 20.2. The molecule has 1 aromatic rings. The second-order valence-corrected chi connectivity index (χ2v) is 7.57. The fourth-order valence-electron chi connectivity index (χ4n) is 3.35. The van der Waals surface area contributed by atoms with Crippen molar-refractivity contribution in [1.82, 2.24) is 15.6 Å². The summed E-state index contributed by atoms with van der Waals surface area (Å²) in [7, 11) is 0. The maximum atomic E-state index is 12.5. The van der Waals surface area contributed by atoms with E-state index >= 15 is 0 Å². The molecule has 1 fully saturated rings. The highest BCUT2D eigenvalue weighted by Gasteiger charge is 2.27. The van der Waals surface area contributed by atoms with Crippen LogP contribution in [0.15, 0.2) is 18.3 Å². The van der Waals surface area contributed by atoms with E-state index in [1.54, 1.807) is 6.20 Å². The normalized spacial score (nSPS) is 21.1. The maximum absolute atomic E-state index is 12.5. The van der Waals surface area contributed by atoms with Gasteiger partial charge in [0.1, 0.15) is 11.8 Å². The van der Waals surface area contributed by atoms with Crippen molar-refractivity contribution in [2.75, 3.05) is 0 Å². The van der Waals surface area contributed by atoms with E-state index in [-0.39, 0.29) is 24.0 Å². The van der Waals surface area contributed by atoms with Crippen LogP contribution in [0.1, 0.15) is 58.6 Å². The van der Waals surface area contributed by atoms with Crippen LogP contribution in [0.4, 0.5) is 0 Å². The summed E-state index contributed by atoms with van der Waals surface area (Å²) in [5.74, 6) is 0.920. The Hall–Kier alpha value is -2.11. The first-order valence-electron chi connectivity index (χ1n) is 9.51. The van der Waals surface area contributed by atoms with Gasteiger partial charge in [0.25, 0.3) is 0 Å². The number of amides is 2. The Morgan fingerprint density at radius 2 is 1.96 bits per heavy atom. The van der Waals surface area contributed by atoms with E-state index in [0.29, 0.717) is 12.3 Å². The lowest BCUT2D eigenvalue weighted by Gasteiger charge is -2.31. The van der Waals surface area contributed by atoms with Gasteiger partial charge >= 0.3 is 0 Å². The summed E-state index contributed by atoms with van der Waals surface area (Å²) in [6, 6.07) is 3.51. The summed E-state index contributed by atoms with van der Waals surface area (Å²) >= 11 is 0. The van der Waals surface area contributed by atoms with E-state index in [2.05, 4.69) is 15.6 Å². The highest BCUT2D eigenvalue weighted by molar-refractivity contribution is 5.86. The number of hydrogen-bond donors (Lipinski definition) is 2. The minimum absolute atomic E-state index is 0.0821. The molecule has 0 unspecified atom stereocenters. The third-order valence-corrected chi connectivity index (χ3v) is 4.67. The summed E-state index contributed by atoms with van der Waals surface area (Å²) in [5.41, 5.74) is 0.898. The molecule has 26 heavy (non-hydrogen) atoms. The van der Waals surface area contributed by atoms with Crippen molar-refractivity contribution in [3.8, 4) is 5.75 Å². The zero-order chi connectivity index (χ0) is 19.1. The van der Waals surface area contributed by atoms with Gasteiger partial charge in [-0.3, -0.25) is 14.6 Å². The average molecular weight is 361 g/mol. The number of ether oxygens (including phenoxy) is 1. The van der Waals surface area contributed by atoms with E-state index in [1.165, 1.54) is 6.92 Å². The summed E-state index contributed by atoms with van der Waals surface area (Å²) in [6.45, 7) is 7.48. The third-order valence-electron chi connectivity index (χ3n) is 4.67. The number of carbonyl (C=O) groups is 2. The molecular formula is C20H31N3O3. The van der Waals surface area contributed by atoms with Gasteiger partial charge in [-0.2, -0.15) is 0 Å². The van der Waals surface area contributed by atoms with Crippen LogP contribution in [-0.2, 0) is 9.59 Å². The molecule has 144 valence electrons. The highest BCUT2D eigenvalue weighted by atomic mass is 16.5. The van der Waals surface area contributed by atoms with Gasteiger partial charge in [-0.15, -0.1) is 0 Å². The maximum Gasteiger partial charge on any atom is 0.242 e. The van der Waals surface area contributed by atoms with Gasteiger partial charge in [0.15, 0.2) is 0 Å². The Morgan fingerprint density at radius 3 is 2.54 bits per heavy atom. The number of aromatic nitrogens is 1. The second-order valence-electron chi connectivity index (χ2n) is 7.57. The molecule has 0 saturated heterocycles. The SMILES string of the molecule is CC(=O)N[C@@H](CC(C)C)C(=O)NC1CCC(Oc2cccnc2C)CC1. The van der Waals surface area contributed by atoms with Gasteiger partial charge in [0.05, 0.1) is 11.8 Å². The van der Waals surface area contributed by atoms with Gasteiger partial charge in [-0.25, -0.2) is 0 Å². The minimum Gasteiger partial charge on any atom is -0.489 e. The molecule has 0 bridgehead atoms. The predicted molar refractivity (Wildman–Crippen MR) is 101 cm³/mol. The Labute approximate surface area is 156 Å². The number of rotatable bonds is 7. The van der Waals surface area contributed by atoms with E-state index < -0.39 is 6.04 Å². The van der Waals surface area contributed by atoms with Gasteiger partial charge in [-0.05, 0) is 57.1 Å². The van der Waals surface area contributed by atoms with Crippen LogP contribution in [0, 0.1) is 12.8 Å². The van der Waals surface area contributed by atoms with Crippen molar-refractivity contribution in [2.24, 2.45) is 5.92 Å². The van der Waals surface area contributed by atoms with Gasteiger partial charge in [0, 0.05) is 19.2 Å². The molecule has 2 N–H and O–H groups in total. The molecular weight excluding hydrogens is 330 g/mol. The predicted octanol–water partition coefficient (Wildman–Crippen LogP) is 2.75. The zero-order valence-corrected chi connectivity index (χ0v) is 16.2. The molecule has 0 aromatic carbocycles. The van der Waals surface area contributed by atoms with Crippen molar-refractivity contribution >= 4 is 11.8 Å². The van der Waals surface area contributed by atoms with Crippen LogP contribution in [0.25, 0.3) is 0 Å². The number of nitrogens with one attached hydrogen (secondary N) is 2. The van der Waals surface area contributed by atoms with Crippen LogP contribution in [0.2, 0.25) is 0 Å². The lowest BCUT2D eigenvalue weighted by atomic mass is 9.92. The van der Waals surface area contributed by atoms with Gasteiger partial charge in [-0.1, -0.05) is 13.8 Å². The number of carbonyl (C=O) groups excluding carboxylic acids is 2. The molecule has 0 aliphatic heterocycles. The highest BCUT2D eigenvalue weighted by Crippen LogP contribution is 2.25. The van der Waals surface area contributed by atoms with Crippen molar-refractivity contribution in [3.05, 3.63) is 24.0 Å². The minimum atomic E-state index is -0.459. The van der Waals surface area contributed by atoms with E-state index in [4.69, 9.17) is 4.74 Å². The average Bonchev–Trinajstić information content (AvgIpc) is 2.57. The van der Waals surface area contributed by atoms with Crippen LogP contribution < -0.4 is 15.4 Å². The Balaban J connectivity index is 1.82. The number of aryl methyl sites for hydroxylation is 1. The van der Waals surface area contributed by atoms with Gasteiger partial charge < -0.3 is 15.4 Å². The Morgan fingerprint density at radius 1 is 1.27 bits per heavy atom. The molecule has 1 aliphatic carbocycles. The topological polar surface area (TPSA) is 80.3 Å². The summed E-state index contributed by atoms with van der Waals surface area (Å²) < 4.78 is 6.06. The molecule has 1 aromatic heterocycles. The van der Waals surface area contributed by atoms with Crippen LogP contribution >= 0.6 is 0 Å². The van der Waals surface area contributed by atoms with Gasteiger partial charge in [0.2, 0.25) is 11.8 Å². The van der Waals surface area contributed by atoms with Crippen LogP contribution in [-0.4, -0.2) is 35.0 Å². The largest absolute Gasteiger partial charge is 0.489 e. The molecule has 0 spiro atoms. The van der Waals surface area contributed by atoms with E-state index in [1.807, 2.05) is 32.9 Å². The quantitative estimate of drug-likeness (QED) is 0.782. The van der Waals surface area contributed by atoms with Crippen LogP contribution in [0.5, 0.6) is 5.75 Å². The molecule has 1 atom stereocenters. The summed E-state index contributed by atoms with van der Waals surface area (Å²) in [4.78, 5) is 28.1. The zero-order valence-electron chi connectivity index (χ0n) is 16.2. The molecule has 1 aliphatic rings. The lowest BCUT2D eigenvalue weighted by Crippen LogP contribution is -2.50. The second kappa shape index (κ2) is 9.55. The van der Waals surface area contributed by atoms with Crippen molar-refractivity contribution in [1.29, 1.82) is 0 Å². The summed E-state index contributed by atoms with van der Waals surface area (Å²) in [6.07, 6.45) is 6.12. The number of pyridine rings is 1. The smallest absolute Gasteiger partial charge is 0.242 e. The standard InChI is InChI=1S/C20H31N3O3/c1-13(2)12-18(22-15(4)24)20(25)23-16-7-9-17(10-8-16)26-19-6-5-11-21-14(19)3/h5-6,11,13,16-18H,7-10,12H2,1-4H3,(H,22,24)(H,23,25)/t16?,17?,18-/m0/s1. The molecule has 6 heteroatoms. The molecule has 6 nitrogen and oxygen atoms in total. The fraction of sp³-hybridized carbons (Fsp3) is 0.650. The summed E-state index contributed by atoms with van der Waals surface area (Å²) in [5, 5.41) is 5.87. The third kappa shape index (κ3) is 6.32. The first-order chi connectivity index (χ1) is 12.3. The lowest BCUT2D eigenvalue weighted by molar-refractivity contribution is -0.129. The van der Waals surface area contributed by atoms with E-state index in [0.717, 1.165) is 37.1 Å². The van der Waals surface area contributed by atoms with E-state index in [9.17, 15) is 9.59 Å². The van der Waals surface area contributed by atoms with Crippen molar-refractivity contribution < 1.29 is 14.3 Å². The van der Waals surface area contributed by atoms with Crippen LogP contribution in [0.3, 0.4) is 0 Å². The molecule has 1 saturated carbocycles. The number of hydrogen-bond acceptors (Lipinski definition) is 4. The molecule has 0 radical (unpaired) electrons. The van der Waals surface area contributed by atoms with Crippen molar-refractivity contribution in [2.45, 2.75) is 78.0 Å². The Kier molecular flexibility index (Phi) is 7.42. The number of nitrogens with zero attached hydrogens (tertiary/aromatic N) is 1. The molecule has 1 heterocycles. The molecule has 2 rings (SSSR count). The van der Waals surface area contributed by atoms with Crippen molar-refractivity contribution in [3.63, 3.8) is 0 Å².